The van der Waals surface area contributed by atoms with Crippen LogP contribution in [0.2, 0.25) is 0 Å². The third-order valence-electron chi connectivity index (χ3n) is 4.97. The number of fused-ring (bicyclic) bond motifs is 1. The third kappa shape index (κ3) is 3.94. The van der Waals surface area contributed by atoms with E-state index in [-0.39, 0.29) is 11.5 Å². The van der Waals surface area contributed by atoms with E-state index < -0.39 is 5.82 Å². The van der Waals surface area contributed by atoms with Gasteiger partial charge in [-0.25, -0.2) is 9.37 Å². The van der Waals surface area contributed by atoms with Gasteiger partial charge in [-0.15, -0.1) is 0 Å². The molecule has 0 unspecified atom stereocenters. The minimum atomic E-state index is -0.456. The highest BCUT2D eigenvalue weighted by Crippen LogP contribution is 2.28. The van der Waals surface area contributed by atoms with Gasteiger partial charge >= 0.3 is 0 Å². The zero-order chi connectivity index (χ0) is 21.2. The first-order chi connectivity index (χ1) is 15.2. The topological polar surface area (TPSA) is 55.1 Å². The van der Waals surface area contributed by atoms with Gasteiger partial charge in [0.1, 0.15) is 11.3 Å². The molecule has 4 aromatic carbocycles. The number of hydrogen-bond acceptors (Lipinski definition) is 3. The van der Waals surface area contributed by atoms with E-state index >= 15 is 0 Å². The number of halogens is 1. The summed E-state index contributed by atoms with van der Waals surface area (Å²) >= 11 is 0. The average molecular weight is 408 g/mol. The van der Waals surface area contributed by atoms with Gasteiger partial charge in [0.15, 0.2) is 5.58 Å². The zero-order valence-corrected chi connectivity index (χ0v) is 16.4. The van der Waals surface area contributed by atoms with E-state index in [0.29, 0.717) is 22.7 Å². The standard InChI is InChI=1S/C26H17FN2O2/c27-21-8-4-7-20(15-21)25(30)28-22-13-14-24-23(16-22)29-26(31-24)19-11-9-18(10-12-19)17-5-2-1-3-6-17/h1-16H,(H,28,30). The van der Waals surface area contributed by atoms with Gasteiger partial charge in [-0.1, -0.05) is 48.5 Å². The number of anilines is 1. The molecule has 1 N–H and O–H groups in total. The van der Waals surface area contributed by atoms with Crippen molar-refractivity contribution >= 4 is 22.7 Å². The quantitative estimate of drug-likeness (QED) is 0.367. The minimum Gasteiger partial charge on any atom is -0.436 e. The normalized spacial score (nSPS) is 10.9. The summed E-state index contributed by atoms with van der Waals surface area (Å²) in [4.78, 5) is 16.9. The molecule has 5 heteroatoms. The Morgan fingerprint density at radius 1 is 0.774 bits per heavy atom. The summed E-state index contributed by atoms with van der Waals surface area (Å²) in [6.45, 7) is 0. The van der Waals surface area contributed by atoms with Gasteiger partial charge in [0.2, 0.25) is 5.89 Å². The van der Waals surface area contributed by atoms with Gasteiger partial charge in [0.25, 0.3) is 5.91 Å². The number of rotatable bonds is 4. The van der Waals surface area contributed by atoms with E-state index in [4.69, 9.17) is 4.42 Å². The number of hydrogen-bond donors (Lipinski definition) is 1. The van der Waals surface area contributed by atoms with Crippen LogP contribution in [0.15, 0.2) is 101 Å². The molecular formula is C26H17FN2O2. The average Bonchev–Trinajstić information content (AvgIpc) is 3.23. The predicted octanol–water partition coefficient (Wildman–Crippen LogP) is 6.55. The largest absolute Gasteiger partial charge is 0.436 e. The third-order valence-corrected chi connectivity index (χ3v) is 4.97. The molecule has 0 fully saturated rings. The van der Waals surface area contributed by atoms with Gasteiger partial charge in [0.05, 0.1) is 0 Å². The summed E-state index contributed by atoms with van der Waals surface area (Å²) in [6, 6.07) is 28.9. The summed E-state index contributed by atoms with van der Waals surface area (Å²) in [6.07, 6.45) is 0. The molecule has 0 saturated heterocycles. The smallest absolute Gasteiger partial charge is 0.255 e. The first-order valence-corrected chi connectivity index (χ1v) is 9.79. The summed E-state index contributed by atoms with van der Waals surface area (Å²) in [5, 5.41) is 2.76. The van der Waals surface area contributed by atoms with Gasteiger partial charge in [-0.05, 0) is 59.7 Å². The van der Waals surface area contributed by atoms with E-state index in [1.165, 1.54) is 18.2 Å². The Morgan fingerprint density at radius 2 is 1.52 bits per heavy atom. The molecule has 31 heavy (non-hydrogen) atoms. The van der Waals surface area contributed by atoms with Crippen molar-refractivity contribution in [3.8, 4) is 22.6 Å². The van der Waals surface area contributed by atoms with Crippen molar-refractivity contribution in [3.05, 3.63) is 108 Å². The van der Waals surface area contributed by atoms with Crippen LogP contribution < -0.4 is 5.32 Å². The first-order valence-electron chi connectivity index (χ1n) is 9.79. The van der Waals surface area contributed by atoms with E-state index in [1.54, 1.807) is 24.3 Å². The highest BCUT2D eigenvalue weighted by molar-refractivity contribution is 6.04. The van der Waals surface area contributed by atoms with Gasteiger partial charge in [0, 0.05) is 16.8 Å². The molecule has 0 radical (unpaired) electrons. The van der Waals surface area contributed by atoms with Gasteiger partial charge in [-0.2, -0.15) is 0 Å². The Hall–Kier alpha value is -4.25. The number of aromatic nitrogens is 1. The fourth-order valence-corrected chi connectivity index (χ4v) is 3.40. The SMILES string of the molecule is O=C(Nc1ccc2oc(-c3ccc(-c4ccccc4)cc3)nc2c1)c1cccc(F)c1. The number of benzene rings is 4. The second-order valence-corrected chi connectivity index (χ2v) is 7.11. The molecule has 150 valence electrons. The molecule has 0 aliphatic rings. The zero-order valence-electron chi connectivity index (χ0n) is 16.4. The van der Waals surface area contributed by atoms with Crippen molar-refractivity contribution in [1.82, 2.24) is 4.98 Å². The fourth-order valence-electron chi connectivity index (χ4n) is 3.40. The van der Waals surface area contributed by atoms with Crippen molar-refractivity contribution in [2.24, 2.45) is 0 Å². The van der Waals surface area contributed by atoms with Gasteiger partial charge in [-0.3, -0.25) is 4.79 Å². The molecule has 0 saturated carbocycles. The molecule has 5 rings (SSSR count). The molecule has 0 atom stereocenters. The maximum Gasteiger partial charge on any atom is 0.255 e. The number of nitrogens with one attached hydrogen (secondary N) is 1. The molecule has 0 aliphatic heterocycles. The molecule has 1 aromatic heterocycles. The van der Waals surface area contributed by atoms with Crippen molar-refractivity contribution in [2.45, 2.75) is 0 Å². The molecule has 0 spiro atoms. The second kappa shape index (κ2) is 7.88. The van der Waals surface area contributed by atoms with Crippen LogP contribution in [0.25, 0.3) is 33.7 Å². The number of oxazole rings is 1. The minimum absolute atomic E-state index is 0.249. The number of carbonyl (C=O) groups excluding carboxylic acids is 1. The van der Waals surface area contributed by atoms with Crippen LogP contribution in [0.5, 0.6) is 0 Å². The molecular weight excluding hydrogens is 391 g/mol. The van der Waals surface area contributed by atoms with Gasteiger partial charge < -0.3 is 9.73 Å². The Balaban J connectivity index is 1.39. The van der Waals surface area contributed by atoms with E-state index in [0.717, 1.165) is 16.7 Å². The van der Waals surface area contributed by atoms with Crippen LogP contribution in [0.1, 0.15) is 10.4 Å². The first kappa shape index (κ1) is 18.8. The van der Waals surface area contributed by atoms with Crippen LogP contribution in [-0.2, 0) is 0 Å². The predicted molar refractivity (Wildman–Crippen MR) is 119 cm³/mol. The maximum atomic E-state index is 13.4. The lowest BCUT2D eigenvalue weighted by atomic mass is 10.0. The summed E-state index contributed by atoms with van der Waals surface area (Å²) < 4.78 is 19.2. The highest BCUT2D eigenvalue weighted by Gasteiger charge is 2.11. The van der Waals surface area contributed by atoms with Crippen molar-refractivity contribution < 1.29 is 13.6 Å². The number of amides is 1. The Labute approximate surface area is 178 Å². The maximum absolute atomic E-state index is 13.4. The summed E-state index contributed by atoms with van der Waals surface area (Å²) in [5.41, 5.74) is 5.17. The Morgan fingerprint density at radius 3 is 2.29 bits per heavy atom. The molecule has 0 bridgehead atoms. The lowest BCUT2D eigenvalue weighted by Crippen LogP contribution is -2.11. The lowest BCUT2D eigenvalue weighted by Gasteiger charge is -2.04. The molecule has 1 heterocycles. The number of carbonyl (C=O) groups is 1. The van der Waals surface area contributed by atoms with Crippen LogP contribution >= 0.6 is 0 Å². The van der Waals surface area contributed by atoms with Crippen molar-refractivity contribution in [3.63, 3.8) is 0 Å². The van der Waals surface area contributed by atoms with Crippen molar-refractivity contribution in [2.75, 3.05) is 5.32 Å². The summed E-state index contributed by atoms with van der Waals surface area (Å²) in [7, 11) is 0. The molecule has 5 aromatic rings. The van der Waals surface area contributed by atoms with Crippen LogP contribution in [0.4, 0.5) is 10.1 Å². The van der Waals surface area contributed by atoms with Crippen molar-refractivity contribution in [1.29, 1.82) is 0 Å². The van der Waals surface area contributed by atoms with E-state index in [1.807, 2.05) is 42.5 Å². The molecule has 0 aliphatic carbocycles. The second-order valence-electron chi connectivity index (χ2n) is 7.11. The lowest BCUT2D eigenvalue weighted by molar-refractivity contribution is 0.102. The van der Waals surface area contributed by atoms with Crippen LogP contribution in [0, 0.1) is 5.82 Å². The van der Waals surface area contributed by atoms with E-state index in [9.17, 15) is 9.18 Å². The van der Waals surface area contributed by atoms with E-state index in [2.05, 4.69) is 22.4 Å². The Bertz CT molecular complexity index is 1380. The molecule has 1 amide bonds. The summed E-state index contributed by atoms with van der Waals surface area (Å²) in [5.74, 6) is -0.343. The monoisotopic (exact) mass is 408 g/mol. The van der Waals surface area contributed by atoms with Crippen LogP contribution in [0.3, 0.4) is 0 Å². The Kier molecular flexibility index (Phi) is 4.77. The van der Waals surface area contributed by atoms with Crippen LogP contribution in [-0.4, -0.2) is 10.9 Å². The molecule has 4 nitrogen and oxygen atoms in total. The fraction of sp³-hybridized carbons (Fsp3) is 0. The number of nitrogens with zero attached hydrogens (tertiary/aromatic N) is 1. The highest BCUT2D eigenvalue weighted by atomic mass is 19.1.